The van der Waals surface area contributed by atoms with Gasteiger partial charge in [0.2, 0.25) is 23.1 Å². The van der Waals surface area contributed by atoms with Crippen molar-refractivity contribution in [2.24, 2.45) is 35.1 Å². The van der Waals surface area contributed by atoms with Crippen LogP contribution in [0.3, 0.4) is 0 Å². The number of amides is 4. The number of aliphatic hydroxyl groups excluding tert-OH is 2. The monoisotopic (exact) mass is 1240 g/mol. The summed E-state index contributed by atoms with van der Waals surface area (Å²) in [6, 6.07) is 0. The second-order valence-electron chi connectivity index (χ2n) is 23.3. The lowest BCUT2D eigenvalue weighted by Gasteiger charge is -2.30. The quantitative estimate of drug-likeness (QED) is 0.0466. The van der Waals surface area contributed by atoms with Crippen LogP contribution in [-0.4, -0.2) is 174 Å². The van der Waals surface area contributed by atoms with E-state index in [-0.39, 0.29) is 69.8 Å². The first-order chi connectivity index (χ1) is 42.3. The smallest absolute Gasteiger partial charge is 0.405 e. The molecule has 24 heteroatoms. The molecule has 4 amide bonds. The number of hydrogen-bond acceptors (Lipinski definition) is 20. The molecule has 0 saturated carbocycles. The van der Waals surface area contributed by atoms with Crippen molar-refractivity contribution in [1.29, 1.82) is 0 Å². The molecule has 0 spiro atoms. The van der Waals surface area contributed by atoms with Crippen LogP contribution in [-0.2, 0) is 57.2 Å². The number of rotatable bonds is 20. The SMILES string of the molecule is COC1C[C@H](C)CC2=C(NCCCNCCCNCCCNC3=C4C[C@@H](C)C[C@H](OC)[C@H](O)[C@@H](C)/C=C(\C)[C@H](OC(N)=O)[C@@H](OC)/C=C\C=C(/C)C(=O)NC(=CC3=O)C4=O)C(=O)C=C(NC(=O)/C(C)=C/C=C\[C@H](OC)[C@@H](OC(N)=O)/C(C)=C/[C@H](C)[C@H]1O)C2=O. The Labute approximate surface area is 523 Å². The number of hydrogen-bond donors (Lipinski definition) is 10. The van der Waals surface area contributed by atoms with Gasteiger partial charge < -0.3 is 82.0 Å². The Bertz CT molecular complexity index is 2680. The van der Waals surface area contributed by atoms with Gasteiger partial charge in [-0.3, -0.25) is 28.8 Å². The summed E-state index contributed by atoms with van der Waals surface area (Å²) in [4.78, 5) is 107. The molecule has 4 aliphatic rings. The van der Waals surface area contributed by atoms with Crippen molar-refractivity contribution in [1.82, 2.24) is 31.9 Å². The van der Waals surface area contributed by atoms with E-state index in [0.717, 1.165) is 18.6 Å². The summed E-state index contributed by atoms with van der Waals surface area (Å²) < 4.78 is 33.7. The number of Topliss-reactive ketones (excluding diaryl/α,β-unsaturated/α-hetero) is 2. The summed E-state index contributed by atoms with van der Waals surface area (Å²) in [6.07, 6.45) is 8.68. The summed E-state index contributed by atoms with van der Waals surface area (Å²) in [6.45, 7) is 17.1. The number of aliphatic hydroxyl groups is 2. The minimum Gasteiger partial charge on any atom is -0.439 e. The van der Waals surface area contributed by atoms with Gasteiger partial charge in [0.1, 0.15) is 12.2 Å². The number of ether oxygens (including phenoxy) is 6. The predicted octanol–water partition coefficient (Wildman–Crippen LogP) is 4.07. The van der Waals surface area contributed by atoms with Crippen molar-refractivity contribution in [2.75, 3.05) is 67.7 Å². The maximum absolute atomic E-state index is 14.2. The van der Waals surface area contributed by atoms with Crippen molar-refractivity contribution in [3.8, 4) is 0 Å². The topological polar surface area (TPSA) is 357 Å². The molecule has 0 aromatic carbocycles. The van der Waals surface area contributed by atoms with Crippen molar-refractivity contribution in [2.45, 2.75) is 149 Å². The Morgan fingerprint density at radius 3 is 1.22 bits per heavy atom. The number of nitrogens with one attached hydrogen (secondary N) is 6. The number of primary amides is 2. The summed E-state index contributed by atoms with van der Waals surface area (Å²) in [5.41, 5.74) is 12.7. The Morgan fingerprint density at radius 1 is 0.551 bits per heavy atom. The number of carbonyl (C=O) groups excluding carboxylic acids is 8. The zero-order valence-corrected chi connectivity index (χ0v) is 53.7. The molecule has 2 aliphatic heterocycles. The van der Waals surface area contributed by atoms with Crippen molar-refractivity contribution in [3.05, 3.63) is 117 Å². The number of carbonyl (C=O) groups is 8. The second kappa shape index (κ2) is 37.1. The summed E-state index contributed by atoms with van der Waals surface area (Å²) in [7, 11) is 5.80. The number of allylic oxidation sites excluding steroid dienone is 8. The van der Waals surface area contributed by atoms with Crippen LogP contribution in [0.2, 0.25) is 0 Å². The maximum atomic E-state index is 14.2. The molecule has 492 valence electrons. The van der Waals surface area contributed by atoms with E-state index in [1.807, 2.05) is 13.8 Å². The number of ketones is 4. The highest BCUT2D eigenvalue weighted by Gasteiger charge is 2.36. The summed E-state index contributed by atoms with van der Waals surface area (Å²) >= 11 is 0. The van der Waals surface area contributed by atoms with Gasteiger partial charge in [0.25, 0.3) is 11.8 Å². The van der Waals surface area contributed by atoms with Gasteiger partial charge in [-0.05, 0) is 122 Å². The molecule has 0 fully saturated rings. The van der Waals surface area contributed by atoms with E-state index in [9.17, 15) is 48.6 Å². The van der Waals surface area contributed by atoms with E-state index >= 15 is 0 Å². The molecular formula is C65H96N8O16. The highest BCUT2D eigenvalue weighted by molar-refractivity contribution is 6.24. The van der Waals surface area contributed by atoms with E-state index in [2.05, 4.69) is 31.9 Å². The Kier molecular flexibility index (Phi) is 31.0. The fraction of sp³-hybridized carbons (Fsp3) is 0.569. The molecule has 0 saturated heterocycles. The average Bonchev–Trinajstić information content (AvgIpc) is 3.14. The van der Waals surface area contributed by atoms with Gasteiger partial charge >= 0.3 is 12.2 Å². The van der Waals surface area contributed by atoms with Crippen LogP contribution < -0.4 is 43.4 Å². The third-order valence-electron chi connectivity index (χ3n) is 16.0. The number of nitrogens with two attached hydrogens (primary N) is 2. The first-order valence-corrected chi connectivity index (χ1v) is 30.3. The lowest BCUT2D eigenvalue weighted by atomic mass is 9.85. The second-order valence-corrected chi connectivity index (χ2v) is 23.3. The lowest BCUT2D eigenvalue weighted by Crippen LogP contribution is -2.38. The maximum Gasteiger partial charge on any atom is 0.405 e. The van der Waals surface area contributed by atoms with Gasteiger partial charge in [0.15, 0.2) is 12.2 Å². The van der Waals surface area contributed by atoms with Gasteiger partial charge in [0, 0.05) is 87.8 Å². The normalized spacial score (nSPS) is 30.8. The minimum absolute atomic E-state index is 0.129. The first kappa shape index (κ1) is 74.3. The summed E-state index contributed by atoms with van der Waals surface area (Å²) in [5, 5.41) is 41.5. The van der Waals surface area contributed by atoms with Gasteiger partial charge in [-0.1, -0.05) is 76.3 Å². The van der Waals surface area contributed by atoms with Crippen molar-refractivity contribution in [3.63, 3.8) is 0 Å². The molecule has 1 unspecified atom stereocenters. The average molecular weight is 1250 g/mol. The van der Waals surface area contributed by atoms with Gasteiger partial charge in [0.05, 0.1) is 47.2 Å². The Morgan fingerprint density at radius 2 is 0.899 bits per heavy atom. The molecule has 4 bridgehead atoms. The molecule has 12 N–H and O–H groups in total. The van der Waals surface area contributed by atoms with Crippen molar-refractivity contribution < 1.29 is 77.0 Å². The molecule has 89 heavy (non-hydrogen) atoms. The summed E-state index contributed by atoms with van der Waals surface area (Å²) in [5.74, 6) is -4.78. The van der Waals surface area contributed by atoms with Crippen LogP contribution in [0.15, 0.2) is 117 Å². The molecular weight excluding hydrogens is 1150 g/mol. The van der Waals surface area contributed by atoms with Crippen LogP contribution >= 0.6 is 0 Å². The predicted molar refractivity (Wildman–Crippen MR) is 335 cm³/mol. The Balaban J connectivity index is 1.36. The Hall–Kier alpha value is -7.16. The lowest BCUT2D eigenvalue weighted by molar-refractivity contribution is -0.120. The van der Waals surface area contributed by atoms with E-state index in [1.165, 1.54) is 54.4 Å². The molecule has 4 rings (SSSR count). The van der Waals surface area contributed by atoms with E-state index in [4.69, 9.17) is 39.9 Å². The third kappa shape index (κ3) is 22.7. The zero-order valence-electron chi connectivity index (χ0n) is 53.7. The highest BCUT2D eigenvalue weighted by atomic mass is 16.6. The first-order valence-electron chi connectivity index (χ1n) is 30.3. The molecule has 2 heterocycles. The zero-order chi connectivity index (χ0) is 66.1. The fourth-order valence-corrected chi connectivity index (χ4v) is 11.0. The van der Waals surface area contributed by atoms with E-state index < -0.39 is 108 Å². The van der Waals surface area contributed by atoms with Gasteiger partial charge in [-0.15, -0.1) is 0 Å². The fourth-order valence-electron chi connectivity index (χ4n) is 11.0. The molecule has 24 nitrogen and oxygen atoms in total. The standard InChI is InChI=1S/C65H96N8O16/c1-36-28-44-54(48(74)34-46(58(44)78)72-62(80)38(3)18-13-20-50(84-9)60(88-64(66)82)42(7)32-40(5)56(76)52(30-36)86-11)70-26-16-24-68-22-15-23-69-25-17-27-71-55-45-29-37(2)31-53(87-12)57(77)41(6)33-43(8)61(89-65(67)83)51(85-10)21-14-19-39(4)63(81)73-47(59(45)79)35-49(55)75/h13-14,18-21,32-37,40-41,50-53,56-57,60-61,68-71,76-77H,15-17,22-31H2,1-12H3,(H2,66,82)(H2,67,83)(H,72,80)(H,73,81)/b20-13-,21-14-,38-18+,39-19+,42-32+,43-33+/t36-,37-,40+,41+,50+,51+,52+,53?,56-,57-,60+,61+/m1/s1. The molecule has 0 radical (unpaired) electrons. The van der Waals surface area contributed by atoms with Gasteiger partial charge in [-0.25, -0.2) is 9.59 Å². The minimum atomic E-state index is -1.03. The van der Waals surface area contributed by atoms with Gasteiger partial charge in [-0.2, -0.15) is 0 Å². The largest absolute Gasteiger partial charge is 0.439 e. The molecule has 12 atom stereocenters. The number of methoxy groups -OCH3 is 4. The van der Waals surface area contributed by atoms with Crippen LogP contribution in [0, 0.1) is 23.7 Å². The van der Waals surface area contributed by atoms with Crippen molar-refractivity contribution >= 4 is 47.1 Å². The third-order valence-corrected chi connectivity index (χ3v) is 16.0. The van der Waals surface area contributed by atoms with E-state index in [1.54, 1.807) is 64.2 Å². The molecule has 0 aromatic heterocycles. The molecule has 0 aromatic rings. The van der Waals surface area contributed by atoms with Crippen LogP contribution in [0.4, 0.5) is 9.59 Å². The highest BCUT2D eigenvalue weighted by Crippen LogP contribution is 2.31. The van der Waals surface area contributed by atoms with Crippen LogP contribution in [0.25, 0.3) is 0 Å². The van der Waals surface area contributed by atoms with E-state index in [0.29, 0.717) is 76.1 Å². The number of fused-ring (bicyclic) bond motifs is 4. The van der Waals surface area contributed by atoms with Crippen LogP contribution in [0.1, 0.15) is 100 Å². The van der Waals surface area contributed by atoms with Crippen LogP contribution in [0.5, 0.6) is 0 Å². The molecule has 2 aliphatic carbocycles.